The lowest BCUT2D eigenvalue weighted by Crippen LogP contribution is -2.37. The van der Waals surface area contributed by atoms with Crippen LogP contribution in [0.1, 0.15) is 122 Å². The van der Waals surface area contributed by atoms with Crippen LogP contribution in [-0.4, -0.2) is 40.5 Å². The van der Waals surface area contributed by atoms with E-state index < -0.39 is 12.0 Å². The van der Waals surface area contributed by atoms with Crippen molar-refractivity contribution in [3.05, 3.63) is 105 Å². The number of aliphatic carboxylic acids is 1. The Morgan fingerprint density at radius 1 is 0.918 bits per heavy atom. The summed E-state index contributed by atoms with van der Waals surface area (Å²) in [6.45, 7) is 22.1. The van der Waals surface area contributed by atoms with Gasteiger partial charge in [0.05, 0.1) is 5.41 Å². The van der Waals surface area contributed by atoms with Crippen LogP contribution in [0.4, 0.5) is 11.4 Å². The van der Waals surface area contributed by atoms with Crippen molar-refractivity contribution in [2.24, 2.45) is 0 Å². The van der Waals surface area contributed by atoms with Crippen molar-refractivity contribution >= 4 is 23.1 Å². The van der Waals surface area contributed by atoms with Crippen LogP contribution in [0.2, 0.25) is 0 Å². The average Bonchev–Trinajstić information content (AvgIpc) is 3.40. The predicted octanol–water partition coefficient (Wildman–Crippen LogP) is 10.3. The first-order chi connectivity index (χ1) is 23.3. The van der Waals surface area contributed by atoms with E-state index >= 15 is 0 Å². The number of nitrogens with one attached hydrogen (secondary N) is 1. The lowest BCUT2D eigenvalue weighted by molar-refractivity contribution is -0.438. The highest BCUT2D eigenvalue weighted by Crippen LogP contribution is 2.48. The number of nitrogens with zero attached hydrogens (tertiary/aromatic N) is 2. The molecule has 1 aliphatic carbocycles. The van der Waals surface area contributed by atoms with Crippen molar-refractivity contribution in [1.29, 1.82) is 0 Å². The standard InChI is InChI=1S/C44H59N3O2/c1-10-13-26-46-37-22-18-30(4)28-34(37)43(6,7)39(46)24-20-32-16-15-17-33(41(32)45-36(12-3)42(48)49)21-25-40-44(8,9)35-29-31(5)19-23-38(35)47(40)27-14-11-2/h18-25,28-29,36H,10-17,26-27H2,1-9H3,(H,48,49)/p+1/b32-20+,39-24-. The second-order valence-electron chi connectivity index (χ2n) is 15.5. The van der Waals surface area contributed by atoms with Gasteiger partial charge in [-0.2, -0.15) is 4.58 Å². The first-order valence-electron chi connectivity index (χ1n) is 18.8. The summed E-state index contributed by atoms with van der Waals surface area (Å²) in [5, 5.41) is 13.7. The van der Waals surface area contributed by atoms with Gasteiger partial charge in [0.15, 0.2) is 5.71 Å². The van der Waals surface area contributed by atoms with Gasteiger partial charge >= 0.3 is 5.97 Å². The van der Waals surface area contributed by atoms with Crippen molar-refractivity contribution in [2.75, 3.05) is 18.0 Å². The fourth-order valence-electron chi connectivity index (χ4n) is 8.01. The third-order valence-corrected chi connectivity index (χ3v) is 11.0. The van der Waals surface area contributed by atoms with Crippen LogP contribution < -0.4 is 10.2 Å². The van der Waals surface area contributed by atoms with E-state index in [-0.39, 0.29) is 10.8 Å². The minimum absolute atomic E-state index is 0.131. The number of allylic oxidation sites excluding steroid dienone is 7. The summed E-state index contributed by atoms with van der Waals surface area (Å²) in [6, 6.07) is 13.1. The SMILES string of the molecule is CCCCN1/C(=C\C=C2/CCCC(/C=C/C3=[N+](CCCC)c4ccc(C)cc4C3(C)C)=C2NC(CC)C(=O)O)C(C)(C)c2cc(C)ccc21. The molecule has 0 saturated carbocycles. The Morgan fingerprint density at radius 3 is 2.29 bits per heavy atom. The number of fused-ring (bicyclic) bond motifs is 2. The highest BCUT2D eigenvalue weighted by atomic mass is 16.4. The van der Waals surface area contributed by atoms with E-state index in [1.165, 1.54) is 56.2 Å². The smallest absolute Gasteiger partial charge is 0.326 e. The topological polar surface area (TPSA) is 55.6 Å². The van der Waals surface area contributed by atoms with E-state index in [0.29, 0.717) is 6.42 Å². The molecule has 2 aromatic carbocycles. The molecule has 5 heteroatoms. The Kier molecular flexibility index (Phi) is 11.1. The van der Waals surface area contributed by atoms with Gasteiger partial charge in [0.25, 0.3) is 0 Å². The molecule has 5 rings (SSSR count). The molecule has 262 valence electrons. The molecule has 1 atom stereocenters. The maximum Gasteiger partial charge on any atom is 0.326 e. The number of benzene rings is 2. The predicted molar refractivity (Wildman–Crippen MR) is 206 cm³/mol. The summed E-state index contributed by atoms with van der Waals surface area (Å²) in [5.41, 5.74) is 13.7. The highest BCUT2D eigenvalue weighted by molar-refractivity contribution is 6.03. The Labute approximate surface area is 296 Å². The lowest BCUT2D eigenvalue weighted by Gasteiger charge is -2.28. The number of anilines is 1. The maximum atomic E-state index is 12.4. The molecular weight excluding hydrogens is 603 g/mol. The van der Waals surface area contributed by atoms with E-state index in [2.05, 4.69) is 131 Å². The quantitative estimate of drug-likeness (QED) is 0.210. The summed E-state index contributed by atoms with van der Waals surface area (Å²) >= 11 is 0. The van der Waals surface area contributed by atoms with Crippen molar-refractivity contribution in [1.82, 2.24) is 5.32 Å². The largest absolute Gasteiger partial charge is 0.480 e. The Hall–Kier alpha value is -3.86. The fraction of sp³-hybridized carbons (Fsp3) is 0.500. The molecule has 0 radical (unpaired) electrons. The number of rotatable bonds is 13. The summed E-state index contributed by atoms with van der Waals surface area (Å²) in [7, 11) is 0. The van der Waals surface area contributed by atoms with Crippen LogP contribution in [0.15, 0.2) is 83.2 Å². The van der Waals surface area contributed by atoms with Gasteiger partial charge in [-0.3, -0.25) is 0 Å². The molecule has 0 spiro atoms. The molecule has 0 amide bonds. The van der Waals surface area contributed by atoms with Gasteiger partial charge in [-0.1, -0.05) is 88.9 Å². The Balaban J connectivity index is 1.61. The zero-order valence-corrected chi connectivity index (χ0v) is 31.7. The number of carboxylic acids is 1. The van der Waals surface area contributed by atoms with Gasteiger partial charge in [-0.25, -0.2) is 4.79 Å². The van der Waals surface area contributed by atoms with Gasteiger partial charge < -0.3 is 15.3 Å². The number of hydrogen-bond donors (Lipinski definition) is 2. The van der Waals surface area contributed by atoms with E-state index in [0.717, 1.165) is 63.7 Å². The molecule has 49 heavy (non-hydrogen) atoms. The average molecular weight is 663 g/mol. The monoisotopic (exact) mass is 662 g/mol. The second-order valence-corrected chi connectivity index (χ2v) is 15.5. The van der Waals surface area contributed by atoms with Crippen LogP contribution >= 0.6 is 0 Å². The van der Waals surface area contributed by atoms with E-state index in [4.69, 9.17) is 0 Å². The van der Waals surface area contributed by atoms with Gasteiger partial charge in [-0.15, -0.1) is 0 Å². The normalized spacial score (nSPS) is 20.5. The molecule has 2 aliphatic heterocycles. The zero-order valence-electron chi connectivity index (χ0n) is 31.7. The molecule has 2 aromatic rings. The third-order valence-electron chi connectivity index (χ3n) is 11.0. The van der Waals surface area contributed by atoms with Crippen LogP contribution in [0.25, 0.3) is 0 Å². The fourth-order valence-corrected chi connectivity index (χ4v) is 8.01. The molecule has 0 bridgehead atoms. The second kappa shape index (κ2) is 14.9. The van der Waals surface area contributed by atoms with Gasteiger partial charge in [0.2, 0.25) is 5.69 Å². The molecular formula is C44H60N3O2+. The van der Waals surface area contributed by atoms with E-state index in [1.807, 2.05) is 6.92 Å². The van der Waals surface area contributed by atoms with Gasteiger partial charge in [0.1, 0.15) is 12.6 Å². The minimum atomic E-state index is -0.807. The van der Waals surface area contributed by atoms with Crippen LogP contribution in [0, 0.1) is 13.8 Å². The Morgan fingerprint density at radius 2 is 1.61 bits per heavy atom. The first-order valence-corrected chi connectivity index (χ1v) is 18.8. The van der Waals surface area contributed by atoms with Crippen LogP contribution in [0.3, 0.4) is 0 Å². The molecule has 2 heterocycles. The minimum Gasteiger partial charge on any atom is -0.480 e. The molecule has 5 nitrogen and oxygen atoms in total. The molecule has 2 N–H and O–H groups in total. The number of unbranched alkanes of at least 4 members (excludes halogenated alkanes) is 2. The third kappa shape index (κ3) is 7.23. The van der Waals surface area contributed by atoms with E-state index in [1.54, 1.807) is 0 Å². The van der Waals surface area contributed by atoms with Crippen LogP contribution in [0.5, 0.6) is 0 Å². The molecule has 1 unspecified atom stereocenters. The number of hydrogen-bond acceptors (Lipinski definition) is 3. The Bertz CT molecular complexity index is 1730. The van der Waals surface area contributed by atoms with E-state index in [9.17, 15) is 9.90 Å². The van der Waals surface area contributed by atoms with Gasteiger partial charge in [0, 0.05) is 53.2 Å². The molecule has 0 saturated heterocycles. The number of carbonyl (C=O) groups is 1. The van der Waals surface area contributed by atoms with Gasteiger partial charge in [-0.05, 0) is 94.7 Å². The first kappa shape index (κ1) is 36.4. The summed E-state index contributed by atoms with van der Waals surface area (Å²) in [6.07, 6.45) is 17.2. The summed E-state index contributed by atoms with van der Waals surface area (Å²) < 4.78 is 2.52. The van der Waals surface area contributed by atoms with Crippen molar-refractivity contribution in [3.8, 4) is 0 Å². The van der Waals surface area contributed by atoms with Crippen molar-refractivity contribution in [3.63, 3.8) is 0 Å². The zero-order chi connectivity index (χ0) is 35.5. The lowest BCUT2D eigenvalue weighted by atomic mass is 9.80. The number of aryl methyl sites for hydroxylation is 2. The molecule has 3 aliphatic rings. The molecule has 0 aromatic heterocycles. The van der Waals surface area contributed by atoms with Crippen molar-refractivity contribution < 1.29 is 14.5 Å². The van der Waals surface area contributed by atoms with Crippen molar-refractivity contribution in [2.45, 2.75) is 131 Å². The summed E-state index contributed by atoms with van der Waals surface area (Å²) in [4.78, 5) is 14.9. The van der Waals surface area contributed by atoms with Crippen LogP contribution in [-0.2, 0) is 15.6 Å². The highest BCUT2D eigenvalue weighted by Gasteiger charge is 2.44. The maximum absolute atomic E-state index is 12.4. The molecule has 0 fully saturated rings. The summed E-state index contributed by atoms with van der Waals surface area (Å²) in [5.74, 6) is -0.807. The number of carboxylic acid groups (broad SMARTS) is 1.